The van der Waals surface area contributed by atoms with Crippen molar-refractivity contribution in [2.75, 3.05) is 0 Å². The van der Waals surface area contributed by atoms with Gasteiger partial charge in [0.25, 0.3) is 0 Å². The summed E-state index contributed by atoms with van der Waals surface area (Å²) >= 11 is 6.06. The average molecular weight is 292 g/mol. The number of rotatable bonds is 4. The van der Waals surface area contributed by atoms with Crippen molar-refractivity contribution in [3.63, 3.8) is 0 Å². The van der Waals surface area contributed by atoms with E-state index in [1.807, 2.05) is 13.0 Å². The molecule has 6 heteroatoms. The van der Waals surface area contributed by atoms with Gasteiger partial charge in [-0.1, -0.05) is 23.7 Å². The van der Waals surface area contributed by atoms with Crippen molar-refractivity contribution < 1.29 is 9.94 Å². The predicted molar refractivity (Wildman–Crippen MR) is 77.7 cm³/mol. The summed E-state index contributed by atoms with van der Waals surface area (Å²) in [6, 6.07) is 8.78. The molecule has 1 aromatic carbocycles. The SMILES string of the molecule is CCc1cc(Oc2cccnc2/C(N)=N/O)ccc1Cl. The zero-order chi connectivity index (χ0) is 14.5. The molecule has 0 aliphatic heterocycles. The Hall–Kier alpha value is -2.27. The maximum atomic E-state index is 8.75. The molecule has 0 fully saturated rings. The van der Waals surface area contributed by atoms with E-state index in [9.17, 15) is 0 Å². The van der Waals surface area contributed by atoms with E-state index in [2.05, 4.69) is 10.1 Å². The summed E-state index contributed by atoms with van der Waals surface area (Å²) < 4.78 is 5.74. The Labute approximate surface area is 121 Å². The van der Waals surface area contributed by atoms with Crippen LogP contribution in [0.1, 0.15) is 18.2 Å². The van der Waals surface area contributed by atoms with E-state index in [1.54, 1.807) is 30.5 Å². The van der Waals surface area contributed by atoms with Crippen molar-refractivity contribution in [1.29, 1.82) is 0 Å². The van der Waals surface area contributed by atoms with E-state index in [0.29, 0.717) is 16.5 Å². The lowest BCUT2D eigenvalue weighted by Gasteiger charge is -2.10. The first-order chi connectivity index (χ1) is 9.65. The fourth-order valence-electron chi connectivity index (χ4n) is 1.73. The van der Waals surface area contributed by atoms with E-state index in [4.69, 9.17) is 27.3 Å². The highest BCUT2D eigenvalue weighted by atomic mass is 35.5. The van der Waals surface area contributed by atoms with Gasteiger partial charge in [0, 0.05) is 11.2 Å². The van der Waals surface area contributed by atoms with Gasteiger partial charge < -0.3 is 15.7 Å². The van der Waals surface area contributed by atoms with Crippen molar-refractivity contribution in [3.8, 4) is 11.5 Å². The summed E-state index contributed by atoms with van der Waals surface area (Å²) in [4.78, 5) is 4.04. The first-order valence-corrected chi connectivity index (χ1v) is 6.42. The molecule has 0 amide bonds. The lowest BCUT2D eigenvalue weighted by molar-refractivity contribution is 0.318. The third-order valence-electron chi connectivity index (χ3n) is 2.75. The minimum atomic E-state index is -0.106. The number of benzene rings is 1. The maximum absolute atomic E-state index is 8.75. The summed E-state index contributed by atoms with van der Waals surface area (Å²) in [5.74, 6) is 0.920. The Morgan fingerprint density at radius 2 is 2.25 bits per heavy atom. The number of aryl methyl sites for hydroxylation is 1. The van der Waals surface area contributed by atoms with Crippen LogP contribution in [0.5, 0.6) is 11.5 Å². The number of hydrogen-bond acceptors (Lipinski definition) is 4. The predicted octanol–water partition coefficient (Wildman–Crippen LogP) is 3.18. The molecule has 0 unspecified atom stereocenters. The second-order valence-electron chi connectivity index (χ2n) is 4.04. The van der Waals surface area contributed by atoms with Crippen LogP contribution >= 0.6 is 11.6 Å². The Kier molecular flexibility index (Phi) is 4.42. The van der Waals surface area contributed by atoms with Crippen LogP contribution in [0.3, 0.4) is 0 Å². The Morgan fingerprint density at radius 1 is 1.45 bits per heavy atom. The van der Waals surface area contributed by atoms with E-state index in [-0.39, 0.29) is 11.5 Å². The third kappa shape index (κ3) is 3.00. The summed E-state index contributed by atoms with van der Waals surface area (Å²) in [7, 11) is 0. The van der Waals surface area contributed by atoms with Crippen LogP contribution in [0.25, 0.3) is 0 Å². The van der Waals surface area contributed by atoms with Gasteiger partial charge in [0.15, 0.2) is 17.3 Å². The lowest BCUT2D eigenvalue weighted by atomic mass is 10.1. The number of nitrogens with two attached hydrogens (primary N) is 1. The highest BCUT2D eigenvalue weighted by molar-refractivity contribution is 6.31. The zero-order valence-corrected chi connectivity index (χ0v) is 11.6. The van der Waals surface area contributed by atoms with Gasteiger partial charge in [-0.3, -0.25) is 0 Å². The molecule has 3 N–H and O–H groups in total. The summed E-state index contributed by atoms with van der Waals surface area (Å²) in [6.45, 7) is 2.01. The van der Waals surface area contributed by atoms with Crippen molar-refractivity contribution in [2.24, 2.45) is 10.9 Å². The first-order valence-electron chi connectivity index (χ1n) is 6.05. The molecule has 1 heterocycles. The number of oxime groups is 1. The zero-order valence-electron chi connectivity index (χ0n) is 10.9. The molecule has 0 aliphatic carbocycles. The highest BCUT2D eigenvalue weighted by Gasteiger charge is 2.11. The summed E-state index contributed by atoms with van der Waals surface area (Å²) in [5, 5.41) is 12.4. The molecule has 0 saturated heterocycles. The fraction of sp³-hybridized carbons (Fsp3) is 0.143. The van der Waals surface area contributed by atoms with Crippen LogP contribution < -0.4 is 10.5 Å². The third-order valence-corrected chi connectivity index (χ3v) is 3.12. The van der Waals surface area contributed by atoms with Gasteiger partial charge in [0.1, 0.15) is 5.75 Å². The summed E-state index contributed by atoms with van der Waals surface area (Å²) in [5.41, 5.74) is 6.83. The molecular weight excluding hydrogens is 278 g/mol. The van der Waals surface area contributed by atoms with Crippen molar-refractivity contribution in [1.82, 2.24) is 4.98 Å². The number of ether oxygens (including phenoxy) is 1. The van der Waals surface area contributed by atoms with E-state index in [1.165, 1.54) is 0 Å². The van der Waals surface area contributed by atoms with Crippen LogP contribution in [-0.4, -0.2) is 16.0 Å². The highest BCUT2D eigenvalue weighted by Crippen LogP contribution is 2.28. The number of halogens is 1. The molecule has 2 aromatic rings. The topological polar surface area (TPSA) is 80.7 Å². The minimum absolute atomic E-state index is 0.106. The van der Waals surface area contributed by atoms with Crippen LogP contribution in [0.15, 0.2) is 41.7 Å². The van der Waals surface area contributed by atoms with E-state index >= 15 is 0 Å². The van der Waals surface area contributed by atoms with Gasteiger partial charge in [-0.25, -0.2) is 4.98 Å². The molecule has 2 rings (SSSR count). The normalized spacial score (nSPS) is 11.4. The Morgan fingerprint density at radius 3 is 2.95 bits per heavy atom. The number of aromatic nitrogens is 1. The van der Waals surface area contributed by atoms with Crippen LogP contribution in [0, 0.1) is 0 Å². The van der Waals surface area contributed by atoms with Gasteiger partial charge in [-0.15, -0.1) is 0 Å². The Bertz CT molecular complexity index is 644. The quantitative estimate of drug-likeness (QED) is 0.392. The molecule has 5 nitrogen and oxygen atoms in total. The van der Waals surface area contributed by atoms with Crippen LogP contribution in [0.4, 0.5) is 0 Å². The van der Waals surface area contributed by atoms with E-state index < -0.39 is 0 Å². The van der Waals surface area contributed by atoms with Crippen molar-refractivity contribution >= 4 is 17.4 Å². The number of nitrogens with zero attached hydrogens (tertiary/aromatic N) is 2. The molecule has 0 saturated carbocycles. The first kappa shape index (κ1) is 14.1. The van der Waals surface area contributed by atoms with E-state index in [0.717, 1.165) is 12.0 Å². The van der Waals surface area contributed by atoms with Crippen LogP contribution in [0.2, 0.25) is 5.02 Å². The standard InChI is InChI=1S/C14H14ClN3O2/c1-2-9-8-10(5-6-11(9)15)20-12-4-3-7-17-13(12)14(16)18-19/h3-8,19H,2H2,1H3,(H2,16,18). The molecule has 0 atom stereocenters. The van der Waals surface area contributed by atoms with Gasteiger partial charge in [0.05, 0.1) is 0 Å². The van der Waals surface area contributed by atoms with Crippen molar-refractivity contribution in [2.45, 2.75) is 13.3 Å². The molecular formula is C14H14ClN3O2. The minimum Gasteiger partial charge on any atom is -0.455 e. The monoisotopic (exact) mass is 291 g/mol. The molecule has 0 bridgehead atoms. The van der Waals surface area contributed by atoms with Gasteiger partial charge in [-0.2, -0.15) is 0 Å². The fourth-order valence-corrected chi connectivity index (χ4v) is 1.98. The van der Waals surface area contributed by atoms with Crippen LogP contribution in [-0.2, 0) is 6.42 Å². The molecule has 1 aromatic heterocycles. The molecule has 0 aliphatic rings. The number of pyridine rings is 1. The lowest BCUT2D eigenvalue weighted by Crippen LogP contribution is -2.15. The second kappa shape index (κ2) is 6.25. The van der Waals surface area contributed by atoms with Gasteiger partial charge in [0.2, 0.25) is 0 Å². The molecule has 0 radical (unpaired) electrons. The van der Waals surface area contributed by atoms with Crippen molar-refractivity contribution in [3.05, 3.63) is 52.8 Å². The largest absolute Gasteiger partial charge is 0.455 e. The maximum Gasteiger partial charge on any atom is 0.192 e. The molecule has 104 valence electrons. The Balaban J connectivity index is 2.35. The summed E-state index contributed by atoms with van der Waals surface area (Å²) in [6.07, 6.45) is 2.34. The van der Waals surface area contributed by atoms with Gasteiger partial charge in [-0.05, 0) is 42.3 Å². The molecule has 0 spiro atoms. The number of hydrogen-bond donors (Lipinski definition) is 2. The second-order valence-corrected chi connectivity index (χ2v) is 4.45. The van der Waals surface area contributed by atoms with Gasteiger partial charge >= 0.3 is 0 Å². The smallest absolute Gasteiger partial charge is 0.192 e. The molecule has 20 heavy (non-hydrogen) atoms. The number of amidine groups is 1. The average Bonchev–Trinajstić information content (AvgIpc) is 2.49.